The van der Waals surface area contributed by atoms with E-state index in [1.54, 1.807) is 13.0 Å². The number of aryl methyl sites for hydroxylation is 1. The molecule has 5 heteroatoms. The van der Waals surface area contributed by atoms with Crippen LogP contribution in [0.15, 0.2) is 30.6 Å². The third kappa shape index (κ3) is 3.01. The minimum Gasteiger partial charge on any atom is -0.451 e. The molecule has 0 aliphatic rings. The molecule has 18 heavy (non-hydrogen) atoms. The van der Waals surface area contributed by atoms with Gasteiger partial charge in [-0.1, -0.05) is 6.07 Å². The van der Waals surface area contributed by atoms with Crippen LogP contribution in [0.3, 0.4) is 0 Å². The summed E-state index contributed by atoms with van der Waals surface area (Å²) >= 11 is 0. The predicted octanol–water partition coefficient (Wildman–Crippen LogP) is 2.25. The lowest BCUT2D eigenvalue weighted by Crippen LogP contribution is -1.95. The lowest BCUT2D eigenvalue weighted by atomic mass is 10.1. The zero-order valence-corrected chi connectivity index (χ0v) is 9.93. The average Bonchev–Trinajstić information content (AvgIpc) is 2.36. The molecule has 0 fully saturated rings. The number of aliphatic hydroxyl groups excluding tert-OH is 1. The van der Waals surface area contributed by atoms with Crippen LogP contribution in [0, 0.1) is 12.7 Å². The number of hydrogen-bond acceptors (Lipinski definition) is 4. The van der Waals surface area contributed by atoms with Gasteiger partial charge in [-0.15, -0.1) is 0 Å². The van der Waals surface area contributed by atoms with E-state index in [9.17, 15) is 4.39 Å². The van der Waals surface area contributed by atoms with Crippen LogP contribution in [-0.2, 0) is 6.42 Å². The summed E-state index contributed by atoms with van der Waals surface area (Å²) in [6, 6.07) is 4.59. The van der Waals surface area contributed by atoms with Crippen molar-refractivity contribution < 1.29 is 14.2 Å². The number of benzene rings is 1. The molecule has 4 nitrogen and oxygen atoms in total. The number of aliphatic hydroxyl groups is 1. The summed E-state index contributed by atoms with van der Waals surface area (Å²) in [5.41, 5.74) is 0.725. The first kappa shape index (κ1) is 12.4. The van der Waals surface area contributed by atoms with Crippen molar-refractivity contribution in [1.82, 2.24) is 9.97 Å². The van der Waals surface area contributed by atoms with Crippen molar-refractivity contribution in [3.8, 4) is 11.5 Å². The number of aromatic nitrogens is 2. The fourth-order valence-electron chi connectivity index (χ4n) is 1.47. The first-order valence-corrected chi connectivity index (χ1v) is 5.55. The lowest BCUT2D eigenvalue weighted by Gasteiger charge is -2.07. The van der Waals surface area contributed by atoms with Gasteiger partial charge < -0.3 is 9.84 Å². The highest BCUT2D eigenvalue weighted by molar-refractivity contribution is 5.33. The SMILES string of the molecule is Cc1ncc(Oc2ccc(CCO)cc2F)cn1. The van der Waals surface area contributed by atoms with E-state index in [2.05, 4.69) is 9.97 Å². The topological polar surface area (TPSA) is 55.2 Å². The molecule has 0 unspecified atom stereocenters. The number of rotatable bonds is 4. The number of hydrogen-bond donors (Lipinski definition) is 1. The Bertz CT molecular complexity index is 529. The van der Waals surface area contributed by atoms with E-state index in [0.29, 0.717) is 18.0 Å². The van der Waals surface area contributed by atoms with Crippen LogP contribution in [-0.4, -0.2) is 21.7 Å². The highest BCUT2D eigenvalue weighted by atomic mass is 19.1. The number of nitrogens with zero attached hydrogens (tertiary/aromatic N) is 2. The number of ether oxygens (including phenoxy) is 1. The van der Waals surface area contributed by atoms with E-state index in [-0.39, 0.29) is 12.4 Å². The normalized spacial score (nSPS) is 10.4. The summed E-state index contributed by atoms with van der Waals surface area (Å²) in [4.78, 5) is 7.92. The largest absolute Gasteiger partial charge is 0.451 e. The second kappa shape index (κ2) is 5.55. The van der Waals surface area contributed by atoms with Crippen molar-refractivity contribution >= 4 is 0 Å². The van der Waals surface area contributed by atoms with Crippen LogP contribution < -0.4 is 4.74 Å². The highest BCUT2D eigenvalue weighted by Crippen LogP contribution is 2.24. The van der Waals surface area contributed by atoms with E-state index < -0.39 is 5.82 Å². The minimum atomic E-state index is -0.471. The van der Waals surface area contributed by atoms with Gasteiger partial charge >= 0.3 is 0 Å². The standard InChI is InChI=1S/C13H13FN2O2/c1-9-15-7-11(8-16-9)18-13-3-2-10(4-5-17)6-12(13)14/h2-3,6-8,17H,4-5H2,1H3. The molecule has 0 spiro atoms. The molecular formula is C13H13FN2O2. The van der Waals surface area contributed by atoms with Crippen molar-refractivity contribution in [1.29, 1.82) is 0 Å². The van der Waals surface area contributed by atoms with Crippen LogP contribution in [0.25, 0.3) is 0 Å². The summed E-state index contributed by atoms with van der Waals surface area (Å²) < 4.78 is 19.0. The van der Waals surface area contributed by atoms with Gasteiger partial charge in [0.25, 0.3) is 0 Å². The molecule has 1 aromatic carbocycles. The van der Waals surface area contributed by atoms with Crippen molar-refractivity contribution in [3.05, 3.63) is 47.8 Å². The van der Waals surface area contributed by atoms with Gasteiger partial charge in [-0.2, -0.15) is 0 Å². The van der Waals surface area contributed by atoms with Gasteiger partial charge in [0, 0.05) is 6.61 Å². The fourth-order valence-corrected chi connectivity index (χ4v) is 1.47. The molecular weight excluding hydrogens is 235 g/mol. The fraction of sp³-hybridized carbons (Fsp3) is 0.231. The Balaban J connectivity index is 2.16. The Morgan fingerprint density at radius 1 is 1.28 bits per heavy atom. The lowest BCUT2D eigenvalue weighted by molar-refractivity contribution is 0.299. The predicted molar refractivity (Wildman–Crippen MR) is 64.0 cm³/mol. The average molecular weight is 248 g/mol. The zero-order chi connectivity index (χ0) is 13.0. The van der Waals surface area contributed by atoms with Gasteiger partial charge in [0.2, 0.25) is 0 Å². The molecule has 2 rings (SSSR count). The monoisotopic (exact) mass is 248 g/mol. The van der Waals surface area contributed by atoms with Crippen molar-refractivity contribution in [2.24, 2.45) is 0 Å². The second-order valence-corrected chi connectivity index (χ2v) is 3.81. The van der Waals surface area contributed by atoms with Crippen LogP contribution in [0.5, 0.6) is 11.5 Å². The Hall–Kier alpha value is -2.01. The molecule has 0 aliphatic heterocycles. The van der Waals surface area contributed by atoms with Gasteiger partial charge in [0.15, 0.2) is 17.3 Å². The van der Waals surface area contributed by atoms with Gasteiger partial charge in [-0.25, -0.2) is 14.4 Å². The van der Waals surface area contributed by atoms with Crippen molar-refractivity contribution in [2.75, 3.05) is 6.61 Å². The van der Waals surface area contributed by atoms with Gasteiger partial charge in [0.05, 0.1) is 12.4 Å². The van der Waals surface area contributed by atoms with E-state index in [0.717, 1.165) is 5.56 Å². The molecule has 1 aromatic heterocycles. The summed E-state index contributed by atoms with van der Waals surface area (Å²) in [7, 11) is 0. The maximum absolute atomic E-state index is 13.7. The molecule has 1 N–H and O–H groups in total. The molecule has 2 aromatic rings. The van der Waals surface area contributed by atoms with E-state index in [1.807, 2.05) is 0 Å². The highest BCUT2D eigenvalue weighted by Gasteiger charge is 2.06. The van der Waals surface area contributed by atoms with Gasteiger partial charge in [-0.05, 0) is 31.0 Å². The van der Waals surface area contributed by atoms with Crippen LogP contribution in [0.4, 0.5) is 4.39 Å². The first-order valence-electron chi connectivity index (χ1n) is 5.55. The van der Waals surface area contributed by atoms with Crippen LogP contribution in [0.2, 0.25) is 0 Å². The van der Waals surface area contributed by atoms with E-state index in [4.69, 9.17) is 9.84 Å². The summed E-state index contributed by atoms with van der Waals surface area (Å²) in [6.07, 6.45) is 3.40. The minimum absolute atomic E-state index is 0.00849. The molecule has 1 heterocycles. The third-order valence-electron chi connectivity index (χ3n) is 2.38. The Labute approximate surface area is 104 Å². The molecule has 94 valence electrons. The molecule has 0 aliphatic carbocycles. The maximum Gasteiger partial charge on any atom is 0.165 e. The zero-order valence-electron chi connectivity index (χ0n) is 9.93. The Kier molecular flexibility index (Phi) is 3.84. The quantitative estimate of drug-likeness (QED) is 0.901. The number of halogens is 1. The van der Waals surface area contributed by atoms with Crippen molar-refractivity contribution in [2.45, 2.75) is 13.3 Å². The summed E-state index contributed by atoms with van der Waals surface area (Å²) in [6.45, 7) is 1.75. The van der Waals surface area contributed by atoms with Gasteiger partial charge in [-0.3, -0.25) is 0 Å². The molecule has 0 amide bonds. The van der Waals surface area contributed by atoms with Crippen LogP contribution >= 0.6 is 0 Å². The van der Waals surface area contributed by atoms with E-state index in [1.165, 1.54) is 24.5 Å². The summed E-state index contributed by atoms with van der Waals surface area (Å²) in [5, 5.41) is 8.77. The Morgan fingerprint density at radius 3 is 2.61 bits per heavy atom. The Morgan fingerprint density at radius 2 is 2.00 bits per heavy atom. The first-order chi connectivity index (χ1) is 8.69. The third-order valence-corrected chi connectivity index (χ3v) is 2.38. The van der Waals surface area contributed by atoms with Crippen molar-refractivity contribution in [3.63, 3.8) is 0 Å². The molecule has 0 saturated carbocycles. The molecule has 0 bridgehead atoms. The maximum atomic E-state index is 13.7. The molecule has 0 radical (unpaired) electrons. The summed E-state index contributed by atoms with van der Waals surface area (Å²) in [5.74, 6) is 0.654. The molecule has 0 atom stereocenters. The second-order valence-electron chi connectivity index (χ2n) is 3.81. The molecule has 0 saturated heterocycles. The van der Waals surface area contributed by atoms with Gasteiger partial charge in [0.1, 0.15) is 5.82 Å². The van der Waals surface area contributed by atoms with Crippen LogP contribution in [0.1, 0.15) is 11.4 Å². The van der Waals surface area contributed by atoms with E-state index >= 15 is 0 Å². The smallest absolute Gasteiger partial charge is 0.165 e.